The molecule has 6 heteroatoms. The topological polar surface area (TPSA) is 70.1 Å². The lowest BCUT2D eigenvalue weighted by atomic mass is 10.1. The molecule has 1 aromatic rings. The Morgan fingerprint density at radius 1 is 1.35 bits per heavy atom. The normalized spacial score (nSPS) is 19.0. The number of amides is 2. The Kier molecular flexibility index (Phi) is 5.60. The van der Waals surface area contributed by atoms with E-state index < -0.39 is 6.10 Å². The molecule has 0 aromatic heterocycles. The van der Waals surface area contributed by atoms with Gasteiger partial charge in [-0.3, -0.25) is 9.59 Å². The highest BCUT2D eigenvalue weighted by Gasteiger charge is 2.30. The molecule has 1 aromatic carbocycles. The van der Waals surface area contributed by atoms with Crippen molar-refractivity contribution in [2.45, 2.75) is 20.0 Å². The standard InChI is InChI=1S/C17H24N2O4/c1-12(2)8-18-9-13(20)10-19(11-16(18)21)17(22)14-6-4-5-7-15(14)23-3/h4-7,12-13,20H,8-11H2,1-3H3. The second kappa shape index (κ2) is 7.46. The molecule has 1 heterocycles. The van der Waals surface area contributed by atoms with Crippen LogP contribution in [0, 0.1) is 5.92 Å². The molecule has 0 aliphatic carbocycles. The number of methoxy groups -OCH3 is 1. The molecule has 1 N–H and O–H groups in total. The Morgan fingerprint density at radius 2 is 2.04 bits per heavy atom. The zero-order chi connectivity index (χ0) is 17.0. The van der Waals surface area contributed by atoms with Gasteiger partial charge in [0.15, 0.2) is 0 Å². The van der Waals surface area contributed by atoms with Gasteiger partial charge in [-0.2, -0.15) is 0 Å². The molecule has 2 rings (SSSR count). The number of hydrogen-bond donors (Lipinski definition) is 1. The number of benzene rings is 1. The van der Waals surface area contributed by atoms with Gasteiger partial charge >= 0.3 is 0 Å². The van der Waals surface area contributed by atoms with Crippen LogP contribution in [-0.2, 0) is 4.79 Å². The van der Waals surface area contributed by atoms with Gasteiger partial charge in [-0.1, -0.05) is 26.0 Å². The molecule has 1 saturated heterocycles. The minimum atomic E-state index is -0.751. The van der Waals surface area contributed by atoms with Crippen LogP contribution < -0.4 is 4.74 Å². The fourth-order valence-electron chi connectivity index (χ4n) is 2.76. The summed E-state index contributed by atoms with van der Waals surface area (Å²) in [6.07, 6.45) is -0.751. The number of para-hydroxylation sites is 1. The van der Waals surface area contributed by atoms with Gasteiger partial charge in [0.05, 0.1) is 18.8 Å². The van der Waals surface area contributed by atoms with Gasteiger partial charge in [-0.25, -0.2) is 0 Å². The largest absolute Gasteiger partial charge is 0.496 e. The Hall–Kier alpha value is -2.08. The lowest BCUT2D eigenvalue weighted by Gasteiger charge is -2.23. The van der Waals surface area contributed by atoms with E-state index in [2.05, 4.69) is 0 Å². The van der Waals surface area contributed by atoms with Gasteiger partial charge in [-0.15, -0.1) is 0 Å². The molecule has 126 valence electrons. The van der Waals surface area contributed by atoms with Crippen LogP contribution in [0.2, 0.25) is 0 Å². The molecule has 1 aliphatic heterocycles. The van der Waals surface area contributed by atoms with Crippen LogP contribution in [0.4, 0.5) is 0 Å². The molecule has 0 radical (unpaired) electrons. The van der Waals surface area contributed by atoms with Crippen molar-refractivity contribution in [1.29, 1.82) is 0 Å². The average Bonchev–Trinajstić information content (AvgIpc) is 2.65. The number of rotatable bonds is 4. The lowest BCUT2D eigenvalue weighted by Crippen LogP contribution is -2.40. The number of carbonyl (C=O) groups excluding carboxylic acids is 2. The van der Waals surface area contributed by atoms with Crippen LogP contribution in [-0.4, -0.2) is 66.1 Å². The van der Waals surface area contributed by atoms with Crippen molar-refractivity contribution in [3.63, 3.8) is 0 Å². The molecule has 23 heavy (non-hydrogen) atoms. The summed E-state index contributed by atoms with van der Waals surface area (Å²) in [6.45, 7) is 4.97. The Labute approximate surface area is 136 Å². The number of nitrogens with zero attached hydrogens (tertiary/aromatic N) is 2. The molecular weight excluding hydrogens is 296 g/mol. The van der Waals surface area contributed by atoms with Gasteiger partial charge in [0.25, 0.3) is 5.91 Å². The molecule has 1 aliphatic rings. The van der Waals surface area contributed by atoms with E-state index in [-0.39, 0.29) is 31.4 Å². The first-order valence-corrected chi connectivity index (χ1v) is 7.80. The summed E-state index contributed by atoms with van der Waals surface area (Å²) < 4.78 is 5.21. The van der Waals surface area contributed by atoms with Crippen LogP contribution in [0.15, 0.2) is 24.3 Å². The molecule has 1 fully saturated rings. The number of ether oxygens (including phenoxy) is 1. The van der Waals surface area contributed by atoms with Crippen molar-refractivity contribution in [1.82, 2.24) is 9.80 Å². The Morgan fingerprint density at radius 3 is 2.70 bits per heavy atom. The first-order valence-electron chi connectivity index (χ1n) is 7.80. The van der Waals surface area contributed by atoms with Crippen LogP contribution in [0.5, 0.6) is 5.75 Å². The van der Waals surface area contributed by atoms with Crippen molar-refractivity contribution in [2.75, 3.05) is 33.3 Å². The van der Waals surface area contributed by atoms with Crippen LogP contribution >= 0.6 is 0 Å². The third kappa shape index (κ3) is 4.22. The van der Waals surface area contributed by atoms with Crippen LogP contribution in [0.1, 0.15) is 24.2 Å². The summed E-state index contributed by atoms with van der Waals surface area (Å²) in [5, 5.41) is 10.2. The molecule has 0 saturated carbocycles. The van der Waals surface area contributed by atoms with Crippen LogP contribution in [0.3, 0.4) is 0 Å². The highest BCUT2D eigenvalue weighted by atomic mass is 16.5. The number of aliphatic hydroxyl groups excluding tert-OH is 1. The predicted molar refractivity (Wildman–Crippen MR) is 86.3 cm³/mol. The molecular formula is C17H24N2O4. The molecule has 2 amide bonds. The minimum absolute atomic E-state index is 0.0271. The second-order valence-electron chi connectivity index (χ2n) is 6.23. The van der Waals surface area contributed by atoms with Crippen molar-refractivity contribution < 1.29 is 19.4 Å². The summed E-state index contributed by atoms with van der Waals surface area (Å²) in [5.41, 5.74) is 0.396. The third-order valence-corrected chi connectivity index (χ3v) is 3.75. The highest BCUT2D eigenvalue weighted by Crippen LogP contribution is 2.20. The van der Waals surface area contributed by atoms with Gasteiger partial charge < -0.3 is 19.6 Å². The van der Waals surface area contributed by atoms with Crippen molar-refractivity contribution >= 4 is 11.8 Å². The number of aliphatic hydroxyl groups is 1. The predicted octanol–water partition coefficient (Wildman–Crippen LogP) is 0.996. The highest BCUT2D eigenvalue weighted by molar-refractivity contribution is 5.99. The average molecular weight is 320 g/mol. The molecule has 0 bridgehead atoms. The van der Waals surface area contributed by atoms with Crippen molar-refractivity contribution in [3.05, 3.63) is 29.8 Å². The van der Waals surface area contributed by atoms with E-state index in [1.807, 2.05) is 13.8 Å². The fraction of sp³-hybridized carbons (Fsp3) is 0.529. The second-order valence-corrected chi connectivity index (χ2v) is 6.23. The zero-order valence-electron chi connectivity index (χ0n) is 13.9. The fourth-order valence-corrected chi connectivity index (χ4v) is 2.76. The molecule has 1 unspecified atom stereocenters. The smallest absolute Gasteiger partial charge is 0.258 e. The van der Waals surface area contributed by atoms with Crippen molar-refractivity contribution in [3.8, 4) is 5.75 Å². The van der Waals surface area contributed by atoms with E-state index in [9.17, 15) is 14.7 Å². The monoisotopic (exact) mass is 320 g/mol. The first-order chi connectivity index (χ1) is 10.9. The number of carbonyl (C=O) groups is 2. The summed E-state index contributed by atoms with van der Waals surface area (Å²) >= 11 is 0. The van der Waals surface area contributed by atoms with E-state index in [4.69, 9.17) is 4.74 Å². The van der Waals surface area contributed by atoms with Gasteiger partial charge in [0.2, 0.25) is 5.91 Å². The van der Waals surface area contributed by atoms with E-state index in [1.165, 1.54) is 12.0 Å². The third-order valence-electron chi connectivity index (χ3n) is 3.75. The maximum atomic E-state index is 12.7. The number of β-amino-alcohol motifs (C(OH)–C–C–N with tert-alkyl or cyclic N) is 1. The SMILES string of the molecule is COc1ccccc1C(=O)N1CC(=O)N(CC(C)C)CC(O)C1. The summed E-state index contributed by atoms with van der Waals surface area (Å²) in [4.78, 5) is 28.1. The summed E-state index contributed by atoms with van der Waals surface area (Å²) in [6, 6.07) is 6.89. The molecule has 0 spiro atoms. The molecule has 1 atom stereocenters. The van der Waals surface area contributed by atoms with Gasteiger partial charge in [-0.05, 0) is 18.1 Å². The summed E-state index contributed by atoms with van der Waals surface area (Å²) in [7, 11) is 1.50. The van der Waals surface area contributed by atoms with Crippen LogP contribution in [0.25, 0.3) is 0 Å². The van der Waals surface area contributed by atoms with E-state index >= 15 is 0 Å². The quantitative estimate of drug-likeness (QED) is 0.898. The number of hydrogen-bond acceptors (Lipinski definition) is 4. The summed E-state index contributed by atoms with van der Waals surface area (Å²) in [5.74, 6) is 0.324. The van der Waals surface area contributed by atoms with Crippen molar-refractivity contribution in [2.24, 2.45) is 5.92 Å². The lowest BCUT2D eigenvalue weighted by molar-refractivity contribution is -0.131. The maximum absolute atomic E-state index is 12.7. The first kappa shape index (κ1) is 17.3. The van der Waals surface area contributed by atoms with E-state index in [0.717, 1.165) is 0 Å². The van der Waals surface area contributed by atoms with Gasteiger partial charge in [0, 0.05) is 19.6 Å². The van der Waals surface area contributed by atoms with E-state index in [1.54, 1.807) is 29.2 Å². The van der Waals surface area contributed by atoms with E-state index in [0.29, 0.717) is 23.8 Å². The Balaban J connectivity index is 2.19. The Bertz CT molecular complexity index is 573. The van der Waals surface area contributed by atoms with Gasteiger partial charge in [0.1, 0.15) is 12.3 Å². The minimum Gasteiger partial charge on any atom is -0.496 e. The maximum Gasteiger partial charge on any atom is 0.258 e. The zero-order valence-corrected chi connectivity index (χ0v) is 13.9. The molecule has 6 nitrogen and oxygen atoms in total.